The van der Waals surface area contributed by atoms with E-state index in [9.17, 15) is 0 Å². The van der Waals surface area contributed by atoms with Gasteiger partial charge in [-0.15, -0.1) is 0 Å². The van der Waals surface area contributed by atoms with E-state index in [0.29, 0.717) is 6.04 Å². The molecule has 0 aliphatic carbocycles. The Morgan fingerprint density at radius 1 is 1.07 bits per heavy atom. The third kappa shape index (κ3) is 5.61. The normalized spacial score (nSPS) is 13.5. The molecule has 1 unspecified atom stereocenters. The van der Waals surface area contributed by atoms with Crippen LogP contribution in [0.4, 0.5) is 0 Å². The van der Waals surface area contributed by atoms with Crippen LogP contribution in [0.25, 0.3) is 0 Å². The summed E-state index contributed by atoms with van der Waals surface area (Å²) >= 11 is 0. The lowest BCUT2D eigenvalue weighted by Gasteiger charge is -2.26. The van der Waals surface area contributed by atoms with Gasteiger partial charge in [-0.3, -0.25) is 0 Å². The average molecular weight is 201 g/mol. The topological polar surface area (TPSA) is 21.3 Å². The van der Waals surface area contributed by atoms with Crippen LogP contribution < -0.4 is 5.32 Å². The molecule has 0 heterocycles. The van der Waals surface area contributed by atoms with Gasteiger partial charge >= 0.3 is 0 Å². The first kappa shape index (κ1) is 13.9. The summed E-state index contributed by atoms with van der Waals surface area (Å²) in [5.74, 6) is 0.782. The molecule has 0 radical (unpaired) electrons. The van der Waals surface area contributed by atoms with Crippen LogP contribution >= 0.6 is 0 Å². The van der Waals surface area contributed by atoms with Gasteiger partial charge in [0.25, 0.3) is 0 Å². The first-order chi connectivity index (χ1) is 6.79. The molecule has 14 heavy (non-hydrogen) atoms. The summed E-state index contributed by atoms with van der Waals surface area (Å²) in [6, 6.07) is 0.546. The van der Waals surface area contributed by atoms with Gasteiger partial charge in [0.05, 0.1) is 6.61 Å². The van der Waals surface area contributed by atoms with Crippen molar-refractivity contribution in [3.05, 3.63) is 0 Å². The largest absolute Gasteiger partial charge is 0.383 e. The van der Waals surface area contributed by atoms with Crippen molar-refractivity contribution < 1.29 is 4.74 Å². The van der Waals surface area contributed by atoms with E-state index in [-0.39, 0.29) is 0 Å². The fourth-order valence-electron chi connectivity index (χ4n) is 2.09. The van der Waals surface area contributed by atoms with Gasteiger partial charge in [-0.05, 0) is 25.3 Å². The molecule has 2 heteroatoms. The van der Waals surface area contributed by atoms with Gasteiger partial charge < -0.3 is 10.1 Å². The van der Waals surface area contributed by atoms with Crippen LogP contribution in [-0.4, -0.2) is 26.3 Å². The molecule has 0 aromatic heterocycles. The Bertz CT molecular complexity index is 90.9. The van der Waals surface area contributed by atoms with E-state index in [4.69, 9.17) is 4.74 Å². The van der Waals surface area contributed by atoms with Crippen molar-refractivity contribution >= 4 is 0 Å². The molecule has 0 spiro atoms. The van der Waals surface area contributed by atoms with E-state index in [1.807, 2.05) is 0 Å². The van der Waals surface area contributed by atoms with Crippen molar-refractivity contribution in [3.8, 4) is 0 Å². The van der Waals surface area contributed by atoms with Crippen molar-refractivity contribution in [1.29, 1.82) is 0 Å². The van der Waals surface area contributed by atoms with E-state index in [1.54, 1.807) is 7.11 Å². The average Bonchev–Trinajstić information content (AvgIpc) is 2.17. The second kappa shape index (κ2) is 9.47. The Labute approximate surface area is 89.4 Å². The SMILES string of the molecule is CCCC(CCC)C(COC)NCC. The molecule has 1 N–H and O–H groups in total. The van der Waals surface area contributed by atoms with Gasteiger partial charge in [-0.1, -0.05) is 33.6 Å². The Morgan fingerprint density at radius 3 is 2.00 bits per heavy atom. The Kier molecular flexibility index (Phi) is 9.42. The summed E-state index contributed by atoms with van der Waals surface area (Å²) < 4.78 is 5.27. The van der Waals surface area contributed by atoms with E-state index < -0.39 is 0 Å². The molecular weight excluding hydrogens is 174 g/mol. The van der Waals surface area contributed by atoms with Crippen LogP contribution in [0, 0.1) is 5.92 Å². The van der Waals surface area contributed by atoms with Crippen LogP contribution in [0.3, 0.4) is 0 Å². The highest BCUT2D eigenvalue weighted by Gasteiger charge is 2.18. The highest BCUT2D eigenvalue weighted by molar-refractivity contribution is 4.75. The highest BCUT2D eigenvalue weighted by Crippen LogP contribution is 2.18. The highest BCUT2D eigenvalue weighted by atomic mass is 16.5. The summed E-state index contributed by atoms with van der Waals surface area (Å²) in [6.45, 7) is 8.57. The van der Waals surface area contributed by atoms with E-state index in [1.165, 1.54) is 25.7 Å². The van der Waals surface area contributed by atoms with Crippen LogP contribution in [-0.2, 0) is 4.74 Å². The number of ether oxygens (including phenoxy) is 1. The summed E-state index contributed by atoms with van der Waals surface area (Å²) in [6.07, 6.45) is 5.18. The van der Waals surface area contributed by atoms with Crippen molar-refractivity contribution in [2.45, 2.75) is 52.5 Å². The minimum absolute atomic E-state index is 0.546. The van der Waals surface area contributed by atoms with E-state index in [0.717, 1.165) is 19.1 Å². The lowest BCUT2D eigenvalue weighted by atomic mass is 9.91. The summed E-state index contributed by atoms with van der Waals surface area (Å²) in [5.41, 5.74) is 0. The van der Waals surface area contributed by atoms with Crippen LogP contribution in [0.15, 0.2) is 0 Å². The molecule has 86 valence electrons. The Morgan fingerprint density at radius 2 is 1.64 bits per heavy atom. The fourth-order valence-corrected chi connectivity index (χ4v) is 2.09. The zero-order valence-electron chi connectivity index (χ0n) is 10.3. The maximum atomic E-state index is 5.27. The predicted octanol–water partition coefficient (Wildman–Crippen LogP) is 2.83. The smallest absolute Gasteiger partial charge is 0.0618 e. The quantitative estimate of drug-likeness (QED) is 0.619. The van der Waals surface area contributed by atoms with Crippen LogP contribution in [0.2, 0.25) is 0 Å². The molecule has 0 saturated heterocycles. The number of likely N-dealkylation sites (N-methyl/N-ethyl adjacent to an activating group) is 1. The molecule has 0 aliphatic heterocycles. The third-order valence-electron chi connectivity index (χ3n) is 2.70. The lowest BCUT2D eigenvalue weighted by Crippen LogP contribution is -2.39. The Hall–Kier alpha value is -0.0800. The Balaban J connectivity index is 4.06. The van der Waals surface area contributed by atoms with Gasteiger partial charge in [0, 0.05) is 13.2 Å². The molecule has 0 fully saturated rings. The molecule has 0 amide bonds. The monoisotopic (exact) mass is 201 g/mol. The van der Waals surface area contributed by atoms with Gasteiger partial charge in [0.15, 0.2) is 0 Å². The minimum Gasteiger partial charge on any atom is -0.383 e. The summed E-state index contributed by atoms with van der Waals surface area (Å²) in [5, 5.41) is 3.53. The number of nitrogens with one attached hydrogen (secondary N) is 1. The first-order valence-corrected chi connectivity index (χ1v) is 6.02. The number of rotatable bonds is 9. The van der Waals surface area contributed by atoms with Gasteiger partial charge in [-0.2, -0.15) is 0 Å². The van der Waals surface area contributed by atoms with Crippen molar-refractivity contribution in [1.82, 2.24) is 5.32 Å². The fraction of sp³-hybridized carbons (Fsp3) is 1.00. The van der Waals surface area contributed by atoms with E-state index in [2.05, 4.69) is 26.1 Å². The minimum atomic E-state index is 0.546. The second-order valence-electron chi connectivity index (χ2n) is 3.96. The third-order valence-corrected chi connectivity index (χ3v) is 2.70. The molecule has 0 aromatic rings. The van der Waals surface area contributed by atoms with Gasteiger partial charge in [0.2, 0.25) is 0 Å². The standard InChI is InChI=1S/C12H27NO/c1-5-8-11(9-6-2)12(10-14-4)13-7-3/h11-13H,5-10H2,1-4H3. The summed E-state index contributed by atoms with van der Waals surface area (Å²) in [4.78, 5) is 0. The maximum Gasteiger partial charge on any atom is 0.0618 e. The van der Waals surface area contributed by atoms with Gasteiger partial charge in [0.1, 0.15) is 0 Å². The molecular formula is C12H27NO. The second-order valence-corrected chi connectivity index (χ2v) is 3.96. The van der Waals surface area contributed by atoms with Crippen molar-refractivity contribution in [2.24, 2.45) is 5.92 Å². The molecule has 0 saturated carbocycles. The van der Waals surface area contributed by atoms with Crippen LogP contribution in [0.1, 0.15) is 46.5 Å². The molecule has 0 rings (SSSR count). The zero-order chi connectivity index (χ0) is 10.8. The first-order valence-electron chi connectivity index (χ1n) is 6.02. The summed E-state index contributed by atoms with van der Waals surface area (Å²) in [7, 11) is 1.79. The van der Waals surface area contributed by atoms with Crippen LogP contribution in [0.5, 0.6) is 0 Å². The molecule has 0 aromatic carbocycles. The molecule has 1 atom stereocenters. The van der Waals surface area contributed by atoms with Crippen molar-refractivity contribution in [3.63, 3.8) is 0 Å². The predicted molar refractivity (Wildman–Crippen MR) is 62.6 cm³/mol. The molecule has 2 nitrogen and oxygen atoms in total. The molecule has 0 aliphatic rings. The number of hydrogen-bond donors (Lipinski definition) is 1. The van der Waals surface area contributed by atoms with Crippen molar-refractivity contribution in [2.75, 3.05) is 20.3 Å². The number of hydrogen-bond acceptors (Lipinski definition) is 2. The lowest BCUT2D eigenvalue weighted by molar-refractivity contribution is 0.133. The maximum absolute atomic E-state index is 5.27. The molecule has 0 bridgehead atoms. The number of methoxy groups -OCH3 is 1. The van der Waals surface area contributed by atoms with E-state index >= 15 is 0 Å². The zero-order valence-corrected chi connectivity index (χ0v) is 10.3. The van der Waals surface area contributed by atoms with Gasteiger partial charge in [-0.25, -0.2) is 0 Å².